The van der Waals surface area contributed by atoms with Crippen LogP contribution in [0, 0.1) is 0 Å². The highest BCUT2D eigenvalue weighted by atomic mass is 32.2. The summed E-state index contributed by atoms with van der Waals surface area (Å²) >= 11 is 1.60. The lowest BCUT2D eigenvalue weighted by atomic mass is 10.2. The van der Waals surface area contributed by atoms with Gasteiger partial charge in [-0.15, -0.1) is 11.3 Å². The van der Waals surface area contributed by atoms with E-state index >= 15 is 0 Å². The third-order valence-electron chi connectivity index (χ3n) is 2.70. The zero-order chi connectivity index (χ0) is 14.6. The molecule has 2 aromatic heterocycles. The quantitative estimate of drug-likeness (QED) is 0.848. The van der Waals surface area contributed by atoms with E-state index in [0.717, 1.165) is 4.88 Å². The molecule has 0 bridgehead atoms. The number of aliphatic hydroxyl groups is 1. The van der Waals surface area contributed by atoms with Crippen molar-refractivity contribution in [1.82, 2.24) is 9.71 Å². The summed E-state index contributed by atoms with van der Waals surface area (Å²) in [4.78, 5) is 4.99. The molecule has 0 spiro atoms. The zero-order valence-corrected chi connectivity index (χ0v) is 12.6. The first-order valence-electron chi connectivity index (χ1n) is 6.12. The lowest BCUT2D eigenvalue weighted by Gasteiger charge is -2.13. The summed E-state index contributed by atoms with van der Waals surface area (Å²) in [5.74, 6) is 0. The fourth-order valence-corrected chi connectivity index (χ4v) is 3.77. The number of hydrogen-bond donors (Lipinski definition) is 2. The zero-order valence-electron chi connectivity index (χ0n) is 11.0. The minimum Gasteiger partial charge on any atom is -0.392 e. The van der Waals surface area contributed by atoms with Gasteiger partial charge in [0, 0.05) is 17.1 Å². The number of aliphatic hydroxyl groups excluding tert-OH is 1. The summed E-state index contributed by atoms with van der Waals surface area (Å²) in [7, 11) is -3.63. The molecule has 108 valence electrons. The number of rotatable bonds is 6. The second-order valence-corrected chi connectivity index (χ2v) is 7.16. The van der Waals surface area contributed by atoms with Gasteiger partial charge in [-0.05, 0) is 36.4 Å². The number of hydrogen-bond acceptors (Lipinski definition) is 5. The topological polar surface area (TPSA) is 79.3 Å². The Labute approximate surface area is 122 Å². The smallest absolute Gasteiger partial charge is 0.258 e. The van der Waals surface area contributed by atoms with E-state index in [4.69, 9.17) is 5.11 Å². The van der Waals surface area contributed by atoms with Crippen LogP contribution in [0.25, 0.3) is 0 Å². The van der Waals surface area contributed by atoms with Crippen LogP contribution in [0.15, 0.2) is 40.9 Å². The SMILES string of the molecule is CC(Cc1cccs1)NS(=O)(=O)c1ccc(CO)cn1. The van der Waals surface area contributed by atoms with E-state index in [9.17, 15) is 8.42 Å². The molecule has 0 aliphatic rings. The Morgan fingerprint density at radius 1 is 1.40 bits per heavy atom. The average molecular weight is 312 g/mol. The highest BCUT2D eigenvalue weighted by molar-refractivity contribution is 7.89. The molecule has 0 saturated heterocycles. The molecule has 2 rings (SSSR count). The maximum atomic E-state index is 12.1. The van der Waals surface area contributed by atoms with Gasteiger partial charge in [-0.3, -0.25) is 0 Å². The van der Waals surface area contributed by atoms with E-state index in [1.54, 1.807) is 17.4 Å². The molecule has 0 aliphatic heterocycles. The van der Waals surface area contributed by atoms with Crippen molar-refractivity contribution in [3.63, 3.8) is 0 Å². The second kappa shape index (κ2) is 6.45. The van der Waals surface area contributed by atoms with Gasteiger partial charge in [0.05, 0.1) is 6.61 Å². The molecule has 0 radical (unpaired) electrons. The molecular formula is C13H16N2O3S2. The molecule has 2 N–H and O–H groups in total. The van der Waals surface area contributed by atoms with Crippen LogP contribution in [-0.2, 0) is 23.1 Å². The molecule has 0 fully saturated rings. The van der Waals surface area contributed by atoms with Gasteiger partial charge >= 0.3 is 0 Å². The number of thiophene rings is 1. The number of nitrogens with one attached hydrogen (secondary N) is 1. The molecule has 5 nitrogen and oxygen atoms in total. The highest BCUT2D eigenvalue weighted by Gasteiger charge is 2.19. The van der Waals surface area contributed by atoms with Crippen molar-refractivity contribution >= 4 is 21.4 Å². The minimum absolute atomic E-state index is 0.0345. The van der Waals surface area contributed by atoms with Crippen molar-refractivity contribution in [2.45, 2.75) is 31.0 Å². The fraction of sp³-hybridized carbons (Fsp3) is 0.308. The first-order chi connectivity index (χ1) is 9.51. The third kappa shape index (κ3) is 3.86. The van der Waals surface area contributed by atoms with Crippen LogP contribution in [-0.4, -0.2) is 24.6 Å². The van der Waals surface area contributed by atoms with Gasteiger partial charge in [-0.25, -0.2) is 18.1 Å². The van der Waals surface area contributed by atoms with Gasteiger partial charge in [0.2, 0.25) is 0 Å². The van der Waals surface area contributed by atoms with Crippen molar-refractivity contribution < 1.29 is 13.5 Å². The Hall–Kier alpha value is -1.28. The average Bonchev–Trinajstić information content (AvgIpc) is 2.91. The number of aromatic nitrogens is 1. The first kappa shape index (κ1) is 15.1. The van der Waals surface area contributed by atoms with E-state index in [2.05, 4.69) is 9.71 Å². The predicted molar refractivity (Wildman–Crippen MR) is 78.0 cm³/mol. The number of nitrogens with zero attached hydrogens (tertiary/aromatic N) is 1. The van der Waals surface area contributed by atoms with Crippen molar-refractivity contribution in [2.75, 3.05) is 0 Å². The molecule has 1 unspecified atom stereocenters. The van der Waals surface area contributed by atoms with E-state index < -0.39 is 10.0 Å². The third-order valence-corrected chi connectivity index (χ3v) is 5.10. The Balaban J connectivity index is 2.05. The highest BCUT2D eigenvalue weighted by Crippen LogP contribution is 2.13. The summed E-state index contributed by atoms with van der Waals surface area (Å²) in [5, 5.41) is 10.8. The molecular weight excluding hydrogens is 296 g/mol. The van der Waals surface area contributed by atoms with Gasteiger partial charge in [-0.1, -0.05) is 12.1 Å². The van der Waals surface area contributed by atoms with Crippen molar-refractivity contribution in [3.8, 4) is 0 Å². The molecule has 0 aromatic carbocycles. The molecule has 0 aliphatic carbocycles. The van der Waals surface area contributed by atoms with Crippen LogP contribution in [0.2, 0.25) is 0 Å². The second-order valence-electron chi connectivity index (χ2n) is 4.47. The molecule has 0 amide bonds. The predicted octanol–water partition coefficient (Wildman–Crippen LogP) is 1.54. The molecule has 7 heteroatoms. The monoisotopic (exact) mass is 312 g/mol. The van der Waals surface area contributed by atoms with E-state index in [1.165, 1.54) is 12.3 Å². The summed E-state index contributed by atoms with van der Waals surface area (Å²) in [5.41, 5.74) is 0.579. The van der Waals surface area contributed by atoms with Crippen LogP contribution in [0.3, 0.4) is 0 Å². The van der Waals surface area contributed by atoms with Gasteiger partial charge in [-0.2, -0.15) is 0 Å². The van der Waals surface area contributed by atoms with E-state index in [1.807, 2.05) is 24.4 Å². The molecule has 2 aromatic rings. The number of sulfonamides is 1. The Bertz CT molecular complexity index is 637. The van der Waals surface area contributed by atoms with Crippen molar-refractivity contribution in [2.24, 2.45) is 0 Å². The summed E-state index contributed by atoms with van der Waals surface area (Å²) in [6, 6.07) is 6.65. The van der Waals surface area contributed by atoms with Gasteiger partial charge in [0.25, 0.3) is 10.0 Å². The van der Waals surface area contributed by atoms with E-state index in [-0.39, 0.29) is 17.7 Å². The lowest BCUT2D eigenvalue weighted by Crippen LogP contribution is -2.34. The summed E-state index contributed by atoms with van der Waals surface area (Å²) < 4.78 is 26.9. The summed E-state index contributed by atoms with van der Waals surface area (Å²) in [6.45, 7) is 1.66. The molecule has 1 atom stereocenters. The van der Waals surface area contributed by atoms with Gasteiger partial charge in [0.1, 0.15) is 0 Å². The first-order valence-corrected chi connectivity index (χ1v) is 8.48. The largest absolute Gasteiger partial charge is 0.392 e. The van der Waals surface area contributed by atoms with Gasteiger partial charge < -0.3 is 5.11 Å². The van der Waals surface area contributed by atoms with Crippen molar-refractivity contribution in [1.29, 1.82) is 0 Å². The van der Waals surface area contributed by atoms with Crippen LogP contribution in [0.5, 0.6) is 0 Å². The fourth-order valence-electron chi connectivity index (χ4n) is 1.76. The summed E-state index contributed by atoms with van der Waals surface area (Å²) in [6.07, 6.45) is 2.00. The van der Waals surface area contributed by atoms with Crippen LogP contribution in [0.4, 0.5) is 0 Å². The number of pyridine rings is 1. The maximum absolute atomic E-state index is 12.1. The standard InChI is InChI=1S/C13H16N2O3S2/c1-10(7-12-3-2-6-19-12)15-20(17,18)13-5-4-11(9-16)8-14-13/h2-6,8,10,15-16H,7,9H2,1H3. The maximum Gasteiger partial charge on any atom is 0.258 e. The minimum atomic E-state index is -3.63. The van der Waals surface area contributed by atoms with Crippen molar-refractivity contribution in [3.05, 3.63) is 46.3 Å². The van der Waals surface area contributed by atoms with E-state index in [0.29, 0.717) is 12.0 Å². The molecule has 20 heavy (non-hydrogen) atoms. The van der Waals surface area contributed by atoms with Crippen LogP contribution in [0.1, 0.15) is 17.4 Å². The normalized spacial score (nSPS) is 13.3. The van der Waals surface area contributed by atoms with Crippen LogP contribution >= 0.6 is 11.3 Å². The van der Waals surface area contributed by atoms with Gasteiger partial charge in [0.15, 0.2) is 5.03 Å². The Kier molecular flexibility index (Phi) is 4.87. The lowest BCUT2D eigenvalue weighted by molar-refractivity contribution is 0.281. The Morgan fingerprint density at radius 3 is 2.75 bits per heavy atom. The molecule has 2 heterocycles. The van der Waals surface area contributed by atoms with Crippen LogP contribution < -0.4 is 4.72 Å². The molecule has 0 saturated carbocycles. The Morgan fingerprint density at radius 2 is 2.20 bits per heavy atom.